The highest BCUT2D eigenvalue weighted by Gasteiger charge is 2.21. The van der Waals surface area contributed by atoms with Crippen LogP contribution >= 0.6 is 0 Å². The Morgan fingerprint density at radius 3 is 2.43 bits per heavy atom. The van der Waals surface area contributed by atoms with Crippen LogP contribution < -0.4 is 4.90 Å². The number of rotatable bonds is 6. The lowest BCUT2D eigenvalue weighted by atomic mass is 10.2. The highest BCUT2D eigenvalue weighted by molar-refractivity contribution is 7.90. The molecule has 0 spiro atoms. The van der Waals surface area contributed by atoms with Gasteiger partial charge in [0.25, 0.3) is 5.89 Å². The minimum atomic E-state index is -2.95. The number of piperazine rings is 1. The lowest BCUT2D eigenvalue weighted by Crippen LogP contribution is -2.48. The third-order valence-electron chi connectivity index (χ3n) is 5.07. The monoisotopic (exact) mass is 428 g/mol. The van der Waals surface area contributed by atoms with Gasteiger partial charge in [0.1, 0.15) is 15.7 Å². The first-order valence-corrected chi connectivity index (χ1v) is 11.8. The van der Waals surface area contributed by atoms with Gasteiger partial charge in [-0.3, -0.25) is 9.88 Å². The van der Waals surface area contributed by atoms with E-state index in [1.807, 2.05) is 37.3 Å². The Bertz CT molecular complexity index is 1110. The van der Waals surface area contributed by atoms with Crippen molar-refractivity contribution in [1.82, 2.24) is 25.1 Å². The Morgan fingerprint density at radius 1 is 1.03 bits per heavy atom. The summed E-state index contributed by atoms with van der Waals surface area (Å²) in [5.41, 5.74) is 2.14. The highest BCUT2D eigenvalue weighted by atomic mass is 32.2. The molecule has 30 heavy (non-hydrogen) atoms. The van der Waals surface area contributed by atoms with Gasteiger partial charge >= 0.3 is 0 Å². The Balaban J connectivity index is 1.48. The van der Waals surface area contributed by atoms with E-state index in [9.17, 15) is 8.42 Å². The fourth-order valence-corrected chi connectivity index (χ4v) is 3.90. The van der Waals surface area contributed by atoms with Crippen LogP contribution in [0.3, 0.4) is 0 Å². The van der Waals surface area contributed by atoms with Crippen LogP contribution in [0.15, 0.2) is 40.9 Å². The molecule has 158 valence electrons. The van der Waals surface area contributed by atoms with Crippen LogP contribution in [-0.4, -0.2) is 78.2 Å². The van der Waals surface area contributed by atoms with E-state index in [0.29, 0.717) is 29.7 Å². The van der Waals surface area contributed by atoms with E-state index in [1.54, 1.807) is 6.20 Å². The fraction of sp³-hybridized carbons (Fsp3) is 0.400. The fourth-order valence-electron chi connectivity index (χ4n) is 3.31. The summed E-state index contributed by atoms with van der Waals surface area (Å²) in [5, 5.41) is 8.31. The van der Waals surface area contributed by atoms with Crippen molar-refractivity contribution in [2.75, 3.05) is 49.6 Å². The number of hydrogen-bond donors (Lipinski definition) is 0. The number of nitrogens with zero attached hydrogens (tertiary/aromatic N) is 6. The predicted molar refractivity (Wildman–Crippen MR) is 114 cm³/mol. The molecule has 2 aromatic heterocycles. The molecule has 0 unspecified atom stereocenters. The van der Waals surface area contributed by atoms with E-state index < -0.39 is 9.84 Å². The molecule has 3 aromatic rings. The molecule has 0 amide bonds. The van der Waals surface area contributed by atoms with Gasteiger partial charge in [-0.25, -0.2) is 13.4 Å². The SMILES string of the molecule is Cc1ncc(N2CCN(CCS(C)(=O)=O)CC2)nc1-c1nnc(-c2ccccc2)o1. The Labute approximate surface area is 175 Å². The number of anilines is 1. The Hall–Kier alpha value is -2.85. The molecule has 1 saturated heterocycles. The van der Waals surface area contributed by atoms with E-state index in [1.165, 1.54) is 6.26 Å². The smallest absolute Gasteiger partial charge is 0.268 e. The summed E-state index contributed by atoms with van der Waals surface area (Å²) in [4.78, 5) is 13.5. The largest absolute Gasteiger partial charge is 0.415 e. The summed E-state index contributed by atoms with van der Waals surface area (Å²) >= 11 is 0. The van der Waals surface area contributed by atoms with Crippen molar-refractivity contribution in [3.63, 3.8) is 0 Å². The van der Waals surface area contributed by atoms with Crippen molar-refractivity contribution < 1.29 is 12.8 Å². The molecule has 3 heterocycles. The summed E-state index contributed by atoms with van der Waals surface area (Å²) in [5.74, 6) is 1.71. The van der Waals surface area contributed by atoms with Gasteiger partial charge in [0.05, 0.1) is 17.6 Å². The molecule has 0 aliphatic carbocycles. The summed E-state index contributed by atoms with van der Waals surface area (Å²) in [6.07, 6.45) is 3.02. The first-order chi connectivity index (χ1) is 14.4. The molecular weight excluding hydrogens is 404 g/mol. The zero-order chi connectivity index (χ0) is 21.1. The average Bonchev–Trinajstić information content (AvgIpc) is 3.23. The summed E-state index contributed by atoms with van der Waals surface area (Å²) in [7, 11) is -2.95. The van der Waals surface area contributed by atoms with Crippen molar-refractivity contribution in [2.45, 2.75) is 6.92 Å². The first-order valence-electron chi connectivity index (χ1n) is 9.77. The van der Waals surface area contributed by atoms with Crippen LogP contribution in [0.25, 0.3) is 23.0 Å². The number of benzene rings is 1. The van der Waals surface area contributed by atoms with Crippen molar-refractivity contribution in [3.8, 4) is 23.0 Å². The van der Waals surface area contributed by atoms with Gasteiger partial charge in [-0.1, -0.05) is 18.2 Å². The van der Waals surface area contributed by atoms with Crippen molar-refractivity contribution >= 4 is 15.7 Å². The van der Waals surface area contributed by atoms with Crippen LogP contribution in [0.5, 0.6) is 0 Å². The number of sulfone groups is 1. The zero-order valence-electron chi connectivity index (χ0n) is 17.0. The minimum Gasteiger partial charge on any atom is -0.415 e. The first kappa shape index (κ1) is 20.4. The van der Waals surface area contributed by atoms with E-state index in [4.69, 9.17) is 9.40 Å². The van der Waals surface area contributed by atoms with Gasteiger partial charge in [0.15, 0.2) is 5.69 Å². The van der Waals surface area contributed by atoms with Crippen LogP contribution in [-0.2, 0) is 9.84 Å². The molecule has 1 aromatic carbocycles. The molecular formula is C20H24N6O3S. The highest BCUT2D eigenvalue weighted by Crippen LogP contribution is 2.26. The number of aromatic nitrogens is 4. The van der Waals surface area contributed by atoms with Crippen molar-refractivity contribution in [1.29, 1.82) is 0 Å². The third kappa shape index (κ3) is 4.82. The van der Waals surface area contributed by atoms with Gasteiger partial charge in [-0.2, -0.15) is 0 Å². The molecule has 0 N–H and O–H groups in total. The molecule has 0 radical (unpaired) electrons. The topological polar surface area (TPSA) is 105 Å². The molecule has 4 rings (SSSR count). The molecule has 0 atom stereocenters. The number of hydrogen-bond acceptors (Lipinski definition) is 9. The summed E-state index contributed by atoms with van der Waals surface area (Å²) in [6, 6.07) is 9.59. The average molecular weight is 429 g/mol. The molecule has 0 bridgehead atoms. The maximum atomic E-state index is 11.4. The lowest BCUT2D eigenvalue weighted by molar-refractivity contribution is 0.271. The molecule has 0 saturated carbocycles. The van der Waals surface area contributed by atoms with Gasteiger partial charge in [0, 0.05) is 44.5 Å². The predicted octanol–water partition coefficient (Wildman–Crippen LogP) is 1.67. The molecule has 9 nitrogen and oxygen atoms in total. The molecule has 1 aliphatic heterocycles. The maximum absolute atomic E-state index is 11.4. The van der Waals surface area contributed by atoms with Crippen LogP contribution in [0.1, 0.15) is 5.69 Å². The Morgan fingerprint density at radius 2 is 1.73 bits per heavy atom. The van der Waals surface area contributed by atoms with Gasteiger partial charge < -0.3 is 9.32 Å². The van der Waals surface area contributed by atoms with E-state index in [2.05, 4.69) is 25.0 Å². The Kier molecular flexibility index (Phi) is 5.78. The van der Waals surface area contributed by atoms with Crippen molar-refractivity contribution in [3.05, 3.63) is 42.2 Å². The minimum absolute atomic E-state index is 0.183. The standard InChI is InChI=1S/C20H24N6O3S/c1-15-18(20-24-23-19(29-20)16-6-4-3-5-7-16)22-17(14-21-15)26-10-8-25(9-11-26)12-13-30(2,27)28/h3-7,14H,8-13H2,1-2H3. The molecule has 10 heteroatoms. The van der Waals surface area contributed by atoms with Gasteiger partial charge in [-0.05, 0) is 19.1 Å². The second-order valence-electron chi connectivity index (χ2n) is 7.40. The second kappa shape index (κ2) is 8.49. The maximum Gasteiger partial charge on any atom is 0.268 e. The van der Waals surface area contributed by atoms with E-state index >= 15 is 0 Å². The van der Waals surface area contributed by atoms with Crippen LogP contribution in [0.2, 0.25) is 0 Å². The summed E-state index contributed by atoms with van der Waals surface area (Å²) < 4.78 is 28.6. The summed E-state index contributed by atoms with van der Waals surface area (Å²) in [6.45, 7) is 5.47. The van der Waals surface area contributed by atoms with E-state index in [0.717, 1.165) is 37.6 Å². The van der Waals surface area contributed by atoms with Crippen LogP contribution in [0, 0.1) is 6.92 Å². The van der Waals surface area contributed by atoms with E-state index in [-0.39, 0.29) is 5.75 Å². The zero-order valence-corrected chi connectivity index (χ0v) is 17.8. The quantitative estimate of drug-likeness (QED) is 0.579. The lowest BCUT2D eigenvalue weighted by Gasteiger charge is -2.35. The molecule has 1 fully saturated rings. The van der Waals surface area contributed by atoms with Crippen molar-refractivity contribution in [2.24, 2.45) is 0 Å². The van der Waals surface area contributed by atoms with Gasteiger partial charge in [0.2, 0.25) is 5.89 Å². The van der Waals surface area contributed by atoms with Crippen LogP contribution in [0.4, 0.5) is 5.82 Å². The third-order valence-corrected chi connectivity index (χ3v) is 5.99. The normalized spacial score (nSPS) is 15.5. The van der Waals surface area contributed by atoms with Gasteiger partial charge in [-0.15, -0.1) is 10.2 Å². The number of aryl methyl sites for hydroxylation is 1. The second-order valence-corrected chi connectivity index (χ2v) is 9.66. The molecule has 1 aliphatic rings.